The van der Waals surface area contributed by atoms with Crippen LogP contribution in [0, 0.1) is 0 Å². The molecule has 3 heterocycles. The normalized spacial score (nSPS) is 21.4. The molecule has 7 nitrogen and oxygen atoms in total. The lowest BCUT2D eigenvalue weighted by molar-refractivity contribution is -0.134. The van der Waals surface area contributed by atoms with Crippen LogP contribution >= 0.6 is 0 Å². The molecular formula is C14H13N3O4. The van der Waals surface area contributed by atoms with E-state index in [4.69, 9.17) is 9.26 Å². The summed E-state index contributed by atoms with van der Waals surface area (Å²) in [6.45, 7) is 1.28. The highest BCUT2D eigenvalue weighted by atomic mass is 16.5. The summed E-state index contributed by atoms with van der Waals surface area (Å²) in [6.07, 6.45) is 0.738. The first-order valence-corrected chi connectivity index (χ1v) is 6.86. The topological polar surface area (TPSA) is 93.5 Å². The molecule has 1 saturated heterocycles. The summed E-state index contributed by atoms with van der Waals surface area (Å²) < 4.78 is 11.0. The first kappa shape index (κ1) is 12.2. The number of hydrogen-bond donors (Lipinski definition) is 2. The number of anilines is 1. The minimum Gasteiger partial charge on any atom is -0.489 e. The number of amides is 2. The third-order valence-electron chi connectivity index (χ3n) is 3.85. The van der Waals surface area contributed by atoms with Gasteiger partial charge in [0, 0.05) is 13.0 Å². The molecule has 7 heteroatoms. The van der Waals surface area contributed by atoms with Crippen molar-refractivity contribution in [3.63, 3.8) is 0 Å². The second-order valence-electron chi connectivity index (χ2n) is 5.16. The highest BCUT2D eigenvalue weighted by Crippen LogP contribution is 2.41. The van der Waals surface area contributed by atoms with Crippen LogP contribution in [-0.2, 0) is 9.59 Å². The van der Waals surface area contributed by atoms with Crippen molar-refractivity contribution in [2.45, 2.75) is 18.8 Å². The predicted octanol–water partition coefficient (Wildman–Crippen LogP) is 1.15. The van der Waals surface area contributed by atoms with Gasteiger partial charge in [-0.3, -0.25) is 14.9 Å². The minimum absolute atomic E-state index is 0.246. The monoisotopic (exact) mass is 287 g/mol. The van der Waals surface area contributed by atoms with Gasteiger partial charge >= 0.3 is 0 Å². The largest absolute Gasteiger partial charge is 0.489 e. The molecule has 0 aliphatic carbocycles. The first-order valence-electron chi connectivity index (χ1n) is 6.86. The van der Waals surface area contributed by atoms with Crippen molar-refractivity contribution in [1.29, 1.82) is 0 Å². The summed E-state index contributed by atoms with van der Waals surface area (Å²) >= 11 is 0. The van der Waals surface area contributed by atoms with E-state index in [1.54, 1.807) is 6.07 Å². The molecule has 2 aliphatic heterocycles. The van der Waals surface area contributed by atoms with Crippen molar-refractivity contribution >= 4 is 28.5 Å². The summed E-state index contributed by atoms with van der Waals surface area (Å²) in [5.74, 6) is -0.396. The molecule has 0 radical (unpaired) electrons. The highest BCUT2D eigenvalue weighted by Gasteiger charge is 2.33. The fraction of sp³-hybridized carbons (Fsp3) is 0.357. The second kappa shape index (κ2) is 4.47. The zero-order valence-corrected chi connectivity index (χ0v) is 11.1. The molecule has 1 fully saturated rings. The summed E-state index contributed by atoms with van der Waals surface area (Å²) in [5, 5.41) is 10.4. The molecule has 1 aromatic heterocycles. The number of ether oxygens (including phenoxy) is 1. The van der Waals surface area contributed by atoms with E-state index >= 15 is 0 Å². The quantitative estimate of drug-likeness (QED) is 0.764. The number of hydrogen-bond acceptors (Lipinski definition) is 6. The third-order valence-corrected chi connectivity index (χ3v) is 3.85. The van der Waals surface area contributed by atoms with Crippen LogP contribution in [0.15, 0.2) is 16.7 Å². The number of nitrogens with zero attached hydrogens (tertiary/aromatic N) is 1. The van der Waals surface area contributed by atoms with Gasteiger partial charge in [-0.25, -0.2) is 0 Å². The van der Waals surface area contributed by atoms with Gasteiger partial charge in [-0.15, -0.1) is 0 Å². The van der Waals surface area contributed by atoms with Gasteiger partial charge in [0.15, 0.2) is 11.3 Å². The molecule has 1 aromatic carbocycles. The smallest absolute Gasteiger partial charge is 0.235 e. The molecular weight excluding hydrogens is 274 g/mol. The molecule has 4 rings (SSSR count). The average Bonchev–Trinajstić information content (AvgIpc) is 2.91. The molecule has 0 bridgehead atoms. The van der Waals surface area contributed by atoms with Gasteiger partial charge in [0.25, 0.3) is 0 Å². The van der Waals surface area contributed by atoms with Crippen molar-refractivity contribution in [1.82, 2.24) is 10.5 Å². The van der Waals surface area contributed by atoms with Crippen molar-refractivity contribution in [3.8, 4) is 5.75 Å². The Labute approximate surface area is 119 Å². The van der Waals surface area contributed by atoms with E-state index in [1.165, 1.54) is 0 Å². The maximum absolute atomic E-state index is 12.0. The number of rotatable bonds is 1. The number of benzene rings is 1. The maximum Gasteiger partial charge on any atom is 0.235 e. The van der Waals surface area contributed by atoms with Crippen LogP contribution in [0.25, 0.3) is 11.0 Å². The molecule has 0 spiro atoms. The number of fused-ring (bicyclic) bond motifs is 3. The number of aromatic nitrogens is 1. The van der Waals surface area contributed by atoms with Crippen LogP contribution in [0.3, 0.4) is 0 Å². The minimum atomic E-state index is -0.485. The number of nitrogens with one attached hydrogen (secondary N) is 2. The number of imide groups is 1. The van der Waals surface area contributed by atoms with Gasteiger partial charge in [0.05, 0.1) is 17.0 Å². The van der Waals surface area contributed by atoms with E-state index in [0.717, 1.165) is 12.2 Å². The van der Waals surface area contributed by atoms with Gasteiger partial charge in [-0.2, -0.15) is 0 Å². The molecule has 1 unspecified atom stereocenters. The SMILES string of the molecule is O=C1CCC(c2noc3ccc4c(c23)OCCN4)C(=O)N1. The molecule has 2 aromatic rings. The van der Waals surface area contributed by atoms with E-state index in [-0.39, 0.29) is 11.8 Å². The lowest BCUT2D eigenvalue weighted by Crippen LogP contribution is -2.39. The van der Waals surface area contributed by atoms with Crippen molar-refractivity contribution in [2.75, 3.05) is 18.5 Å². The van der Waals surface area contributed by atoms with Crippen molar-refractivity contribution in [2.24, 2.45) is 0 Å². The molecule has 108 valence electrons. The highest BCUT2D eigenvalue weighted by molar-refractivity contribution is 6.03. The van der Waals surface area contributed by atoms with E-state index in [0.29, 0.717) is 41.9 Å². The van der Waals surface area contributed by atoms with Gasteiger partial charge in [0.2, 0.25) is 11.8 Å². The van der Waals surface area contributed by atoms with Crippen molar-refractivity contribution < 1.29 is 18.8 Å². The fourth-order valence-electron chi connectivity index (χ4n) is 2.85. The van der Waals surface area contributed by atoms with Gasteiger partial charge in [-0.1, -0.05) is 5.16 Å². The lowest BCUT2D eigenvalue weighted by atomic mass is 9.92. The Balaban J connectivity index is 1.85. The average molecular weight is 287 g/mol. The molecule has 2 amide bonds. The van der Waals surface area contributed by atoms with Gasteiger partial charge < -0.3 is 14.6 Å². The van der Waals surface area contributed by atoms with Crippen LogP contribution < -0.4 is 15.4 Å². The second-order valence-corrected chi connectivity index (χ2v) is 5.16. The van der Waals surface area contributed by atoms with E-state index < -0.39 is 5.92 Å². The van der Waals surface area contributed by atoms with Gasteiger partial charge in [-0.05, 0) is 18.6 Å². The summed E-state index contributed by atoms with van der Waals surface area (Å²) in [6, 6.07) is 3.68. The Kier molecular flexibility index (Phi) is 2.60. The van der Waals surface area contributed by atoms with Crippen LogP contribution in [0.1, 0.15) is 24.5 Å². The Morgan fingerprint density at radius 1 is 1.29 bits per heavy atom. The molecule has 1 atom stereocenters. The van der Waals surface area contributed by atoms with E-state index in [2.05, 4.69) is 15.8 Å². The standard InChI is InChI=1S/C14H13N3O4/c18-10-4-1-7(14(19)16-10)12-11-9(21-17-12)3-2-8-13(11)20-6-5-15-8/h2-3,7,15H,1,4-6H2,(H,16,18,19). The zero-order valence-electron chi connectivity index (χ0n) is 11.1. The number of piperidine rings is 1. The van der Waals surface area contributed by atoms with Crippen LogP contribution in [-0.4, -0.2) is 30.1 Å². The van der Waals surface area contributed by atoms with Crippen molar-refractivity contribution in [3.05, 3.63) is 17.8 Å². The van der Waals surface area contributed by atoms with E-state index in [1.807, 2.05) is 6.07 Å². The Morgan fingerprint density at radius 2 is 2.19 bits per heavy atom. The summed E-state index contributed by atoms with van der Waals surface area (Å²) in [4.78, 5) is 23.3. The molecule has 2 N–H and O–H groups in total. The lowest BCUT2D eigenvalue weighted by Gasteiger charge is -2.22. The number of carbonyl (C=O) groups is 2. The maximum atomic E-state index is 12.0. The Hall–Kier alpha value is -2.57. The number of carbonyl (C=O) groups excluding carboxylic acids is 2. The predicted molar refractivity (Wildman–Crippen MR) is 73.1 cm³/mol. The zero-order chi connectivity index (χ0) is 14.4. The summed E-state index contributed by atoms with van der Waals surface area (Å²) in [5.41, 5.74) is 1.98. The molecule has 21 heavy (non-hydrogen) atoms. The first-order chi connectivity index (χ1) is 10.2. The Morgan fingerprint density at radius 3 is 3.05 bits per heavy atom. The van der Waals surface area contributed by atoms with E-state index in [9.17, 15) is 9.59 Å². The van der Waals surface area contributed by atoms with Crippen LogP contribution in [0.4, 0.5) is 5.69 Å². The molecule has 0 saturated carbocycles. The third kappa shape index (κ3) is 1.84. The fourth-order valence-corrected chi connectivity index (χ4v) is 2.85. The van der Waals surface area contributed by atoms with Crippen LogP contribution in [0.2, 0.25) is 0 Å². The van der Waals surface area contributed by atoms with Crippen LogP contribution in [0.5, 0.6) is 5.75 Å². The Bertz CT molecular complexity index is 752. The van der Waals surface area contributed by atoms with Gasteiger partial charge in [0.1, 0.15) is 12.3 Å². The summed E-state index contributed by atoms with van der Waals surface area (Å²) in [7, 11) is 0. The molecule has 2 aliphatic rings.